The molecule has 0 aliphatic carbocycles. The lowest BCUT2D eigenvalue weighted by atomic mass is 10.2. The van der Waals surface area contributed by atoms with Gasteiger partial charge in [-0.15, -0.1) is 0 Å². The van der Waals surface area contributed by atoms with Crippen LogP contribution in [-0.4, -0.2) is 16.3 Å². The van der Waals surface area contributed by atoms with Gasteiger partial charge in [-0.05, 0) is 38.9 Å². The number of aryl methyl sites for hydroxylation is 1. The standard InChI is InChI=1S/C14H21N3O/c1-5-15-7-13-6-14(18-9-13)8-17-12(4)10(2)11(3)16-17/h6,9,15H,5,7-8H2,1-4H3. The van der Waals surface area contributed by atoms with E-state index < -0.39 is 0 Å². The van der Waals surface area contributed by atoms with E-state index in [0.717, 1.165) is 24.5 Å². The number of hydrogen-bond acceptors (Lipinski definition) is 3. The van der Waals surface area contributed by atoms with Gasteiger partial charge in [0.1, 0.15) is 5.76 Å². The molecule has 18 heavy (non-hydrogen) atoms. The van der Waals surface area contributed by atoms with E-state index in [9.17, 15) is 0 Å². The molecule has 2 aromatic heterocycles. The molecule has 4 heteroatoms. The first-order chi connectivity index (χ1) is 8.61. The van der Waals surface area contributed by atoms with Crippen LogP contribution in [0.25, 0.3) is 0 Å². The molecular formula is C14H21N3O. The van der Waals surface area contributed by atoms with Crippen LogP contribution >= 0.6 is 0 Å². The van der Waals surface area contributed by atoms with Crippen LogP contribution in [0, 0.1) is 20.8 Å². The summed E-state index contributed by atoms with van der Waals surface area (Å²) >= 11 is 0. The number of rotatable bonds is 5. The van der Waals surface area contributed by atoms with Crippen LogP contribution in [0.3, 0.4) is 0 Å². The minimum absolute atomic E-state index is 0.701. The quantitative estimate of drug-likeness (QED) is 0.883. The van der Waals surface area contributed by atoms with Crippen molar-refractivity contribution in [2.45, 2.75) is 40.8 Å². The SMILES string of the molecule is CCNCc1coc(Cn2nc(C)c(C)c2C)c1. The largest absolute Gasteiger partial charge is 0.467 e. The van der Waals surface area contributed by atoms with E-state index in [4.69, 9.17) is 4.42 Å². The molecule has 2 aromatic rings. The molecule has 98 valence electrons. The first-order valence-corrected chi connectivity index (χ1v) is 6.39. The Morgan fingerprint density at radius 2 is 2.11 bits per heavy atom. The molecule has 0 spiro atoms. The van der Waals surface area contributed by atoms with Crippen molar-refractivity contribution in [2.24, 2.45) is 0 Å². The number of nitrogens with zero attached hydrogens (tertiary/aromatic N) is 2. The van der Waals surface area contributed by atoms with Crippen LogP contribution in [-0.2, 0) is 13.1 Å². The van der Waals surface area contributed by atoms with E-state index in [1.54, 1.807) is 0 Å². The zero-order valence-corrected chi connectivity index (χ0v) is 11.6. The maximum atomic E-state index is 5.57. The lowest BCUT2D eigenvalue weighted by molar-refractivity contribution is 0.474. The van der Waals surface area contributed by atoms with Crippen molar-refractivity contribution in [2.75, 3.05) is 6.54 Å². The molecule has 0 radical (unpaired) electrons. The lowest BCUT2D eigenvalue weighted by Gasteiger charge is -2.01. The Balaban J connectivity index is 2.09. The van der Waals surface area contributed by atoms with E-state index in [-0.39, 0.29) is 0 Å². The van der Waals surface area contributed by atoms with Crippen molar-refractivity contribution < 1.29 is 4.42 Å². The van der Waals surface area contributed by atoms with Crippen molar-refractivity contribution in [1.29, 1.82) is 0 Å². The Morgan fingerprint density at radius 3 is 2.72 bits per heavy atom. The third-order valence-electron chi connectivity index (χ3n) is 3.34. The van der Waals surface area contributed by atoms with Crippen LogP contribution in [0.15, 0.2) is 16.7 Å². The minimum atomic E-state index is 0.701. The molecular weight excluding hydrogens is 226 g/mol. The zero-order valence-electron chi connectivity index (χ0n) is 11.6. The molecule has 0 amide bonds. The third-order valence-corrected chi connectivity index (χ3v) is 3.34. The molecule has 0 fully saturated rings. The summed E-state index contributed by atoms with van der Waals surface area (Å²) in [7, 11) is 0. The second-order valence-corrected chi connectivity index (χ2v) is 4.66. The van der Waals surface area contributed by atoms with Crippen molar-refractivity contribution in [3.05, 3.63) is 40.6 Å². The highest BCUT2D eigenvalue weighted by Gasteiger charge is 2.09. The van der Waals surface area contributed by atoms with Crippen LogP contribution < -0.4 is 5.32 Å². The first-order valence-electron chi connectivity index (χ1n) is 6.39. The molecule has 0 bridgehead atoms. The number of nitrogens with one attached hydrogen (secondary N) is 1. The summed E-state index contributed by atoms with van der Waals surface area (Å²) in [6.07, 6.45) is 1.82. The van der Waals surface area contributed by atoms with Crippen LogP contribution in [0.2, 0.25) is 0 Å². The summed E-state index contributed by atoms with van der Waals surface area (Å²) < 4.78 is 7.57. The molecule has 4 nitrogen and oxygen atoms in total. The predicted octanol–water partition coefficient (Wildman–Crippen LogP) is 2.56. The monoisotopic (exact) mass is 247 g/mol. The van der Waals surface area contributed by atoms with Gasteiger partial charge in [-0.25, -0.2) is 0 Å². The third kappa shape index (κ3) is 2.64. The Morgan fingerprint density at radius 1 is 1.33 bits per heavy atom. The first kappa shape index (κ1) is 12.9. The number of furan rings is 1. The average molecular weight is 247 g/mol. The summed E-state index contributed by atoms with van der Waals surface area (Å²) in [5, 5.41) is 7.80. The van der Waals surface area contributed by atoms with Gasteiger partial charge in [0.2, 0.25) is 0 Å². The normalized spacial score (nSPS) is 11.1. The molecule has 0 aliphatic heterocycles. The fourth-order valence-corrected chi connectivity index (χ4v) is 1.96. The van der Waals surface area contributed by atoms with Crippen LogP contribution in [0.5, 0.6) is 0 Å². The predicted molar refractivity (Wildman–Crippen MR) is 71.6 cm³/mol. The van der Waals surface area contributed by atoms with Gasteiger partial charge in [-0.2, -0.15) is 5.10 Å². The Kier molecular flexibility index (Phi) is 3.87. The van der Waals surface area contributed by atoms with Gasteiger partial charge in [0, 0.05) is 17.8 Å². The summed E-state index contributed by atoms with van der Waals surface area (Å²) in [4.78, 5) is 0. The smallest absolute Gasteiger partial charge is 0.125 e. The molecule has 0 aliphatic rings. The van der Waals surface area contributed by atoms with Crippen molar-refractivity contribution in [1.82, 2.24) is 15.1 Å². The summed E-state index contributed by atoms with van der Waals surface area (Å²) in [6, 6.07) is 2.09. The van der Waals surface area contributed by atoms with Crippen molar-refractivity contribution >= 4 is 0 Å². The van der Waals surface area contributed by atoms with Gasteiger partial charge >= 0.3 is 0 Å². The molecule has 2 heterocycles. The van der Waals surface area contributed by atoms with Crippen molar-refractivity contribution in [3.63, 3.8) is 0 Å². The fraction of sp³-hybridized carbons (Fsp3) is 0.500. The molecule has 2 rings (SSSR count). The highest BCUT2D eigenvalue weighted by Crippen LogP contribution is 2.14. The summed E-state index contributed by atoms with van der Waals surface area (Å²) in [5.74, 6) is 0.952. The number of hydrogen-bond donors (Lipinski definition) is 1. The highest BCUT2D eigenvalue weighted by atomic mass is 16.3. The molecule has 0 unspecified atom stereocenters. The van der Waals surface area contributed by atoms with Gasteiger partial charge in [-0.3, -0.25) is 4.68 Å². The second-order valence-electron chi connectivity index (χ2n) is 4.66. The van der Waals surface area contributed by atoms with Gasteiger partial charge in [0.25, 0.3) is 0 Å². The van der Waals surface area contributed by atoms with Gasteiger partial charge in [-0.1, -0.05) is 6.92 Å². The summed E-state index contributed by atoms with van der Waals surface area (Å²) in [6.45, 7) is 10.9. The lowest BCUT2D eigenvalue weighted by Crippen LogP contribution is -2.10. The van der Waals surface area contributed by atoms with Crippen LogP contribution in [0.1, 0.15) is 35.2 Å². The number of aromatic nitrogens is 2. The maximum absolute atomic E-state index is 5.57. The molecule has 0 saturated carbocycles. The summed E-state index contributed by atoms with van der Waals surface area (Å²) in [5.41, 5.74) is 4.74. The second kappa shape index (κ2) is 5.40. The minimum Gasteiger partial charge on any atom is -0.467 e. The van der Waals surface area contributed by atoms with Gasteiger partial charge < -0.3 is 9.73 Å². The highest BCUT2D eigenvalue weighted by molar-refractivity contribution is 5.23. The van der Waals surface area contributed by atoms with Crippen LogP contribution in [0.4, 0.5) is 0 Å². The van der Waals surface area contributed by atoms with Gasteiger partial charge in [0.15, 0.2) is 0 Å². The molecule has 0 saturated heterocycles. The van der Waals surface area contributed by atoms with Crippen molar-refractivity contribution in [3.8, 4) is 0 Å². The van der Waals surface area contributed by atoms with E-state index in [1.165, 1.54) is 16.8 Å². The Labute approximate surface area is 108 Å². The zero-order chi connectivity index (χ0) is 13.1. The van der Waals surface area contributed by atoms with E-state index in [2.05, 4.69) is 37.3 Å². The van der Waals surface area contributed by atoms with E-state index in [0.29, 0.717) is 6.54 Å². The van der Waals surface area contributed by atoms with E-state index in [1.807, 2.05) is 17.9 Å². The van der Waals surface area contributed by atoms with E-state index >= 15 is 0 Å². The average Bonchev–Trinajstić information content (AvgIpc) is 2.89. The Bertz CT molecular complexity index is 525. The molecule has 1 N–H and O–H groups in total. The Hall–Kier alpha value is -1.55. The topological polar surface area (TPSA) is 43.0 Å². The molecule has 0 aromatic carbocycles. The fourth-order valence-electron chi connectivity index (χ4n) is 1.96. The van der Waals surface area contributed by atoms with Gasteiger partial charge in [0.05, 0.1) is 18.5 Å². The molecule has 0 atom stereocenters. The maximum Gasteiger partial charge on any atom is 0.125 e.